The Hall–Kier alpha value is -3.22. The van der Waals surface area contributed by atoms with Gasteiger partial charge in [0.1, 0.15) is 23.0 Å². The average molecular weight is 374 g/mol. The smallest absolute Gasteiger partial charge is 0.375 e. The maximum atomic E-state index is 13.6. The van der Waals surface area contributed by atoms with Crippen molar-refractivity contribution in [2.75, 3.05) is 13.2 Å². The predicted molar refractivity (Wildman–Crippen MR) is 93.1 cm³/mol. The molecule has 7 heteroatoms. The van der Waals surface area contributed by atoms with Crippen LogP contribution in [0, 0.1) is 18.6 Å². The van der Waals surface area contributed by atoms with Crippen LogP contribution in [0.25, 0.3) is 11.0 Å². The van der Waals surface area contributed by atoms with Gasteiger partial charge in [-0.1, -0.05) is 0 Å². The molecule has 1 heterocycles. The fourth-order valence-corrected chi connectivity index (χ4v) is 2.64. The fraction of sp³-hybridized carbons (Fsp3) is 0.200. The van der Waals surface area contributed by atoms with Crippen molar-refractivity contribution < 1.29 is 32.3 Å². The summed E-state index contributed by atoms with van der Waals surface area (Å²) in [6, 6.07) is 7.60. The van der Waals surface area contributed by atoms with Gasteiger partial charge >= 0.3 is 5.97 Å². The van der Waals surface area contributed by atoms with Crippen molar-refractivity contribution in [3.63, 3.8) is 0 Å². The van der Waals surface area contributed by atoms with Gasteiger partial charge in [-0.25, -0.2) is 13.6 Å². The summed E-state index contributed by atoms with van der Waals surface area (Å²) in [4.78, 5) is 24.3. The van der Waals surface area contributed by atoms with Gasteiger partial charge < -0.3 is 13.9 Å². The fourth-order valence-electron chi connectivity index (χ4n) is 2.64. The van der Waals surface area contributed by atoms with Crippen molar-refractivity contribution in [1.29, 1.82) is 0 Å². The summed E-state index contributed by atoms with van der Waals surface area (Å²) in [5.41, 5.74) is 0.511. The highest BCUT2D eigenvalue weighted by Gasteiger charge is 2.22. The highest BCUT2D eigenvalue weighted by molar-refractivity contribution is 6.00. The molecule has 140 valence electrons. The number of fused-ring (bicyclic) bond motifs is 1. The number of carbonyl (C=O) groups excluding carboxylic acids is 2. The van der Waals surface area contributed by atoms with Crippen LogP contribution in [-0.2, 0) is 4.74 Å². The zero-order valence-electron chi connectivity index (χ0n) is 14.7. The van der Waals surface area contributed by atoms with Crippen molar-refractivity contribution in [2.45, 2.75) is 13.8 Å². The van der Waals surface area contributed by atoms with Crippen molar-refractivity contribution in [1.82, 2.24) is 0 Å². The molecule has 2 aromatic carbocycles. The number of hydrogen-bond donors (Lipinski definition) is 0. The Kier molecular flexibility index (Phi) is 5.21. The lowest BCUT2D eigenvalue weighted by Gasteiger charge is -2.04. The second kappa shape index (κ2) is 7.57. The van der Waals surface area contributed by atoms with Crippen LogP contribution in [0.4, 0.5) is 8.78 Å². The normalized spacial score (nSPS) is 10.8. The zero-order valence-corrected chi connectivity index (χ0v) is 14.7. The summed E-state index contributed by atoms with van der Waals surface area (Å²) >= 11 is 0. The van der Waals surface area contributed by atoms with Gasteiger partial charge in [0.05, 0.1) is 12.2 Å². The molecule has 0 aliphatic rings. The van der Waals surface area contributed by atoms with Crippen LogP contribution in [0.3, 0.4) is 0 Å². The highest BCUT2D eigenvalue weighted by atomic mass is 19.1. The number of esters is 1. The van der Waals surface area contributed by atoms with E-state index in [-0.39, 0.29) is 5.76 Å². The van der Waals surface area contributed by atoms with Gasteiger partial charge in [-0.3, -0.25) is 4.79 Å². The number of hydrogen-bond acceptors (Lipinski definition) is 5. The Morgan fingerprint density at radius 2 is 1.89 bits per heavy atom. The summed E-state index contributed by atoms with van der Waals surface area (Å²) < 4.78 is 42.6. The van der Waals surface area contributed by atoms with Crippen LogP contribution in [-0.4, -0.2) is 25.0 Å². The summed E-state index contributed by atoms with van der Waals surface area (Å²) in [5, 5.41) is 0.676. The van der Waals surface area contributed by atoms with Gasteiger partial charge in [0.2, 0.25) is 11.5 Å². The van der Waals surface area contributed by atoms with Crippen LogP contribution in [0.15, 0.2) is 40.8 Å². The van der Waals surface area contributed by atoms with E-state index in [1.54, 1.807) is 25.1 Å². The number of aryl methyl sites for hydroxylation is 1. The van der Waals surface area contributed by atoms with Crippen LogP contribution in [0.2, 0.25) is 0 Å². The largest absolute Gasteiger partial charge is 0.494 e. The first-order valence-electron chi connectivity index (χ1n) is 8.22. The molecular weight excluding hydrogens is 358 g/mol. The van der Waals surface area contributed by atoms with E-state index in [1.807, 2.05) is 6.92 Å². The van der Waals surface area contributed by atoms with Gasteiger partial charge in [-0.05, 0) is 50.2 Å². The van der Waals surface area contributed by atoms with Crippen molar-refractivity contribution in [3.05, 3.63) is 64.9 Å². The molecule has 5 nitrogen and oxygen atoms in total. The van der Waals surface area contributed by atoms with Gasteiger partial charge in [-0.2, -0.15) is 0 Å². The molecule has 27 heavy (non-hydrogen) atoms. The molecule has 3 rings (SSSR count). The number of rotatable bonds is 6. The van der Waals surface area contributed by atoms with Gasteiger partial charge in [0.25, 0.3) is 0 Å². The summed E-state index contributed by atoms with van der Waals surface area (Å²) in [6.45, 7) is 3.29. The van der Waals surface area contributed by atoms with Crippen LogP contribution >= 0.6 is 0 Å². The number of benzene rings is 2. The Balaban J connectivity index is 1.77. The number of furan rings is 1. The summed E-state index contributed by atoms with van der Waals surface area (Å²) in [5.74, 6) is -2.80. The average Bonchev–Trinajstić information content (AvgIpc) is 2.98. The number of ether oxygens (including phenoxy) is 2. The third kappa shape index (κ3) is 3.81. The summed E-state index contributed by atoms with van der Waals surface area (Å²) in [6.07, 6.45) is 0. The van der Waals surface area contributed by atoms with Crippen LogP contribution in [0.5, 0.6) is 5.75 Å². The Bertz CT molecular complexity index is 1020. The monoisotopic (exact) mass is 374 g/mol. The van der Waals surface area contributed by atoms with E-state index in [2.05, 4.69) is 0 Å². The third-order valence-corrected chi connectivity index (χ3v) is 3.97. The maximum absolute atomic E-state index is 13.6. The molecule has 0 amide bonds. The third-order valence-electron chi connectivity index (χ3n) is 3.97. The lowest BCUT2D eigenvalue weighted by atomic mass is 10.1. The van der Waals surface area contributed by atoms with E-state index in [1.165, 1.54) is 0 Å². The lowest BCUT2D eigenvalue weighted by molar-refractivity contribution is 0.0444. The predicted octanol–water partition coefficient (Wildman–Crippen LogP) is 4.46. The first kappa shape index (κ1) is 18.6. The van der Waals surface area contributed by atoms with Crippen molar-refractivity contribution >= 4 is 22.7 Å². The molecule has 0 bridgehead atoms. The first-order chi connectivity index (χ1) is 12.9. The van der Waals surface area contributed by atoms with Crippen LogP contribution in [0.1, 0.15) is 33.4 Å². The quantitative estimate of drug-likeness (QED) is 0.471. The molecule has 3 aromatic rings. The van der Waals surface area contributed by atoms with Gasteiger partial charge in [-0.15, -0.1) is 0 Å². The highest BCUT2D eigenvalue weighted by Crippen LogP contribution is 2.29. The van der Waals surface area contributed by atoms with Crippen molar-refractivity contribution in [3.8, 4) is 5.75 Å². The molecule has 0 spiro atoms. The molecule has 0 saturated carbocycles. The van der Waals surface area contributed by atoms with Gasteiger partial charge in [0, 0.05) is 10.9 Å². The number of carbonyl (C=O) groups is 2. The number of ketones is 1. The minimum Gasteiger partial charge on any atom is -0.494 e. The second-order valence-electron chi connectivity index (χ2n) is 5.77. The Labute approximate surface area is 153 Å². The van der Waals surface area contributed by atoms with Crippen molar-refractivity contribution in [2.24, 2.45) is 0 Å². The first-order valence-corrected chi connectivity index (χ1v) is 8.22. The van der Waals surface area contributed by atoms with E-state index < -0.39 is 35.6 Å². The van der Waals surface area contributed by atoms with E-state index in [9.17, 15) is 18.4 Å². The molecule has 0 atom stereocenters. The summed E-state index contributed by atoms with van der Waals surface area (Å²) in [7, 11) is 0. The van der Waals surface area contributed by atoms with E-state index in [4.69, 9.17) is 13.9 Å². The maximum Gasteiger partial charge on any atom is 0.375 e. The molecule has 1 aromatic heterocycles. The minimum absolute atomic E-state index is 0.0637. The molecule has 0 radical (unpaired) electrons. The minimum atomic E-state index is -0.888. The van der Waals surface area contributed by atoms with E-state index in [0.717, 1.165) is 18.2 Å². The van der Waals surface area contributed by atoms with E-state index >= 15 is 0 Å². The second-order valence-corrected chi connectivity index (χ2v) is 5.77. The lowest BCUT2D eigenvalue weighted by Crippen LogP contribution is -2.15. The molecular formula is C20H16F2O5. The molecule has 0 aliphatic heterocycles. The molecule has 0 unspecified atom stereocenters. The Morgan fingerprint density at radius 3 is 2.63 bits per heavy atom. The zero-order chi connectivity index (χ0) is 19.6. The van der Waals surface area contributed by atoms with Crippen LogP contribution < -0.4 is 4.74 Å². The molecule has 0 fully saturated rings. The standard InChI is InChI=1S/C20H16F2O5/c1-3-25-13-5-7-18-14(9-13)11(2)19(27-18)20(24)26-10-17(23)15-8-12(21)4-6-16(15)22/h4-9H,3,10H2,1-2H3. The SMILES string of the molecule is CCOc1ccc2oc(C(=O)OCC(=O)c3cc(F)ccc3F)c(C)c2c1. The molecule has 0 N–H and O–H groups in total. The molecule has 0 aliphatic carbocycles. The number of Topliss-reactive ketones (excluding diaryl/α,β-unsaturated/α-hetero) is 1. The Morgan fingerprint density at radius 1 is 1.11 bits per heavy atom. The number of halogens is 2. The topological polar surface area (TPSA) is 65.7 Å². The van der Waals surface area contributed by atoms with E-state index in [0.29, 0.717) is 28.9 Å². The van der Waals surface area contributed by atoms with Gasteiger partial charge in [0.15, 0.2) is 6.61 Å². The molecule has 0 saturated heterocycles.